The van der Waals surface area contributed by atoms with Gasteiger partial charge in [-0.1, -0.05) is 55.8 Å². The van der Waals surface area contributed by atoms with E-state index in [0.29, 0.717) is 10.7 Å². The number of likely N-dealkylation sites (tertiary alicyclic amines) is 1. The van der Waals surface area contributed by atoms with Crippen molar-refractivity contribution in [1.29, 1.82) is 0 Å². The van der Waals surface area contributed by atoms with Crippen LogP contribution in [-0.4, -0.2) is 69.1 Å². The number of carbonyl (C=O) groups excluding carboxylic acids is 3. The normalized spacial score (nSPS) is 34.9. The second-order valence-corrected chi connectivity index (χ2v) is 12.3. The van der Waals surface area contributed by atoms with Gasteiger partial charge in [0.2, 0.25) is 5.91 Å². The van der Waals surface area contributed by atoms with Crippen molar-refractivity contribution < 1.29 is 24.2 Å². The number of ether oxygens (including phenoxy) is 1. The standard InChI is InChI=1S/C26H29ClN2O5S/c1-15(2)18(14-30)29-21-23(32)28(17-9-5-4-8-16(17)27)12-6-11-26(21)19(22(29)31)20-24(33)34-13-7-10-25(20,3)35-26/h4-11,15,18-21,30H,12-14H2,1-3H3/t18-,19-,20-,21?,25+,26-/m0/s1. The Bertz CT molecular complexity index is 1140. The van der Waals surface area contributed by atoms with Crippen LogP contribution in [0.4, 0.5) is 5.69 Å². The molecule has 9 heteroatoms. The number of hydrogen-bond acceptors (Lipinski definition) is 6. The number of nitrogens with zero attached hydrogens (tertiary/aromatic N) is 2. The van der Waals surface area contributed by atoms with E-state index in [1.807, 2.05) is 51.1 Å². The molecule has 1 N–H and O–H groups in total. The maximum absolute atomic E-state index is 14.4. The second kappa shape index (κ2) is 8.68. The Balaban J connectivity index is 1.71. The number of aliphatic hydroxyl groups excluding tert-OH is 1. The summed E-state index contributed by atoms with van der Waals surface area (Å²) in [6.45, 7) is 5.92. The van der Waals surface area contributed by atoms with Gasteiger partial charge in [-0.3, -0.25) is 14.4 Å². The van der Waals surface area contributed by atoms with Crippen molar-refractivity contribution in [1.82, 2.24) is 4.90 Å². The third-order valence-electron chi connectivity index (χ3n) is 7.71. The van der Waals surface area contributed by atoms with Gasteiger partial charge >= 0.3 is 5.97 Å². The molecule has 0 aromatic heterocycles. The Kier molecular flexibility index (Phi) is 6.05. The topological polar surface area (TPSA) is 87.2 Å². The minimum atomic E-state index is -0.993. The van der Waals surface area contributed by atoms with Crippen LogP contribution in [0, 0.1) is 17.8 Å². The lowest BCUT2D eigenvalue weighted by atomic mass is 9.75. The Morgan fingerprint density at radius 2 is 1.89 bits per heavy atom. The Morgan fingerprint density at radius 3 is 2.57 bits per heavy atom. The molecule has 0 bridgehead atoms. The minimum absolute atomic E-state index is 0.106. The molecule has 186 valence electrons. The first-order valence-corrected chi connectivity index (χ1v) is 13.1. The summed E-state index contributed by atoms with van der Waals surface area (Å²) in [7, 11) is 0. The van der Waals surface area contributed by atoms with Crippen molar-refractivity contribution in [3.63, 3.8) is 0 Å². The molecule has 1 aromatic carbocycles. The molecule has 6 atom stereocenters. The molecular formula is C26H29ClN2O5S. The molecule has 0 saturated carbocycles. The van der Waals surface area contributed by atoms with Gasteiger partial charge in [-0.2, -0.15) is 0 Å². The van der Waals surface area contributed by atoms with Gasteiger partial charge in [-0.05, 0) is 31.1 Å². The number of aliphatic hydroxyl groups is 1. The first-order chi connectivity index (χ1) is 16.7. The molecule has 7 nitrogen and oxygen atoms in total. The average molecular weight is 517 g/mol. The maximum atomic E-state index is 14.4. The molecule has 2 saturated heterocycles. The van der Waals surface area contributed by atoms with Crippen LogP contribution in [0.15, 0.2) is 48.6 Å². The van der Waals surface area contributed by atoms with Crippen LogP contribution in [0.2, 0.25) is 5.02 Å². The van der Waals surface area contributed by atoms with Crippen LogP contribution in [0.1, 0.15) is 20.8 Å². The monoisotopic (exact) mass is 516 g/mol. The van der Waals surface area contributed by atoms with Gasteiger partial charge in [0, 0.05) is 11.3 Å². The molecular weight excluding hydrogens is 488 g/mol. The predicted molar refractivity (Wildman–Crippen MR) is 135 cm³/mol. The van der Waals surface area contributed by atoms with E-state index < -0.39 is 39.4 Å². The number of esters is 1. The summed E-state index contributed by atoms with van der Waals surface area (Å²) in [5.41, 5.74) is 0.560. The van der Waals surface area contributed by atoms with Crippen molar-refractivity contribution in [3.05, 3.63) is 53.6 Å². The summed E-state index contributed by atoms with van der Waals surface area (Å²) >= 11 is 7.96. The minimum Gasteiger partial charge on any atom is -0.461 e. The van der Waals surface area contributed by atoms with Crippen molar-refractivity contribution >= 4 is 46.8 Å². The highest BCUT2D eigenvalue weighted by atomic mass is 35.5. The zero-order valence-electron chi connectivity index (χ0n) is 19.9. The van der Waals surface area contributed by atoms with Crippen molar-refractivity contribution in [2.24, 2.45) is 17.8 Å². The molecule has 35 heavy (non-hydrogen) atoms. The van der Waals surface area contributed by atoms with Gasteiger partial charge in [0.15, 0.2) is 0 Å². The number of benzene rings is 1. The quantitative estimate of drug-likeness (QED) is 0.489. The number of carbonyl (C=O) groups is 3. The number of cyclic esters (lactones) is 1. The number of halogens is 1. The van der Waals surface area contributed by atoms with Gasteiger partial charge in [0.25, 0.3) is 5.91 Å². The SMILES string of the molecule is CC(C)[C@H](CO)N1C(=O)[C@@H]2[C@H]3C(=O)OCC=C[C@@]3(C)S[C@@]23C=CCN(c2ccccc2Cl)C(=O)C13. The van der Waals surface area contributed by atoms with E-state index in [2.05, 4.69) is 0 Å². The number of fused-ring (bicyclic) bond motifs is 2. The highest BCUT2D eigenvalue weighted by Crippen LogP contribution is 2.66. The number of amides is 2. The lowest BCUT2D eigenvalue weighted by Gasteiger charge is -2.40. The van der Waals surface area contributed by atoms with Crippen molar-refractivity contribution in [3.8, 4) is 0 Å². The summed E-state index contributed by atoms with van der Waals surface area (Å²) in [6, 6.07) is 5.63. The number of anilines is 1. The maximum Gasteiger partial charge on any atom is 0.311 e. The molecule has 4 heterocycles. The van der Waals surface area contributed by atoms with Crippen LogP contribution in [0.25, 0.3) is 0 Å². The molecule has 4 aliphatic heterocycles. The van der Waals surface area contributed by atoms with E-state index in [9.17, 15) is 19.5 Å². The molecule has 1 unspecified atom stereocenters. The average Bonchev–Trinajstić information content (AvgIpc) is 3.06. The Labute approximate surface area is 214 Å². The fourth-order valence-electron chi connectivity index (χ4n) is 6.16. The van der Waals surface area contributed by atoms with Gasteiger partial charge in [0.05, 0.1) is 39.9 Å². The molecule has 0 aliphatic carbocycles. The number of para-hydroxylation sites is 1. The molecule has 1 spiro atoms. The highest BCUT2D eigenvalue weighted by molar-refractivity contribution is 8.02. The molecule has 2 fully saturated rings. The fourth-order valence-corrected chi connectivity index (χ4v) is 8.54. The summed E-state index contributed by atoms with van der Waals surface area (Å²) in [5, 5.41) is 10.8. The van der Waals surface area contributed by atoms with E-state index >= 15 is 0 Å². The predicted octanol–water partition coefficient (Wildman–Crippen LogP) is 3.06. The fraction of sp³-hybridized carbons (Fsp3) is 0.500. The first kappa shape index (κ1) is 24.4. The molecule has 5 rings (SSSR count). The Morgan fingerprint density at radius 1 is 1.14 bits per heavy atom. The number of rotatable bonds is 4. The van der Waals surface area contributed by atoms with Crippen molar-refractivity contribution in [2.75, 3.05) is 24.7 Å². The number of hydrogen-bond donors (Lipinski definition) is 1. The zero-order valence-corrected chi connectivity index (χ0v) is 21.5. The smallest absolute Gasteiger partial charge is 0.311 e. The molecule has 4 aliphatic rings. The van der Waals surface area contributed by atoms with Gasteiger partial charge < -0.3 is 19.6 Å². The third kappa shape index (κ3) is 3.48. The van der Waals surface area contributed by atoms with Gasteiger partial charge in [0.1, 0.15) is 12.6 Å². The van der Waals surface area contributed by atoms with Gasteiger partial charge in [-0.15, -0.1) is 11.8 Å². The lowest BCUT2D eigenvalue weighted by Crippen LogP contribution is -2.58. The lowest BCUT2D eigenvalue weighted by molar-refractivity contribution is -0.153. The van der Waals surface area contributed by atoms with Crippen LogP contribution < -0.4 is 4.90 Å². The van der Waals surface area contributed by atoms with Crippen LogP contribution in [0.5, 0.6) is 0 Å². The summed E-state index contributed by atoms with van der Waals surface area (Å²) in [4.78, 5) is 44.9. The summed E-state index contributed by atoms with van der Waals surface area (Å²) < 4.78 is 3.75. The summed E-state index contributed by atoms with van der Waals surface area (Å²) in [5.74, 6) is -2.65. The largest absolute Gasteiger partial charge is 0.461 e. The van der Waals surface area contributed by atoms with E-state index in [-0.39, 0.29) is 37.5 Å². The van der Waals surface area contributed by atoms with E-state index in [1.165, 1.54) is 11.8 Å². The zero-order chi connectivity index (χ0) is 25.1. The number of thioether (sulfide) groups is 1. The van der Waals surface area contributed by atoms with E-state index in [1.54, 1.807) is 28.0 Å². The van der Waals surface area contributed by atoms with Crippen LogP contribution in [0.3, 0.4) is 0 Å². The van der Waals surface area contributed by atoms with Crippen molar-refractivity contribution in [2.45, 2.75) is 42.3 Å². The van der Waals surface area contributed by atoms with Crippen LogP contribution >= 0.6 is 23.4 Å². The summed E-state index contributed by atoms with van der Waals surface area (Å²) in [6.07, 6.45) is 7.58. The second-order valence-electron chi connectivity index (χ2n) is 10.1. The highest BCUT2D eigenvalue weighted by Gasteiger charge is 2.74. The van der Waals surface area contributed by atoms with E-state index in [0.717, 1.165) is 0 Å². The van der Waals surface area contributed by atoms with Gasteiger partial charge in [-0.25, -0.2) is 0 Å². The molecule has 1 aromatic rings. The van der Waals surface area contributed by atoms with Crippen LogP contribution in [-0.2, 0) is 19.1 Å². The van der Waals surface area contributed by atoms with E-state index in [4.69, 9.17) is 16.3 Å². The third-order valence-corrected chi connectivity index (χ3v) is 9.82. The first-order valence-electron chi connectivity index (χ1n) is 11.9. The molecule has 2 amide bonds. The Hall–Kier alpha value is -2.29. The molecule has 0 radical (unpaired) electrons.